The molecule has 3 atom stereocenters. The standard InChI is InChI=1S/C28H20ClNO6/c1-14-7-9-15(10-8-14)23-21-22(28(36-23)24(31)17-5-3-4-6-18(17)25(28)32)27(34)30(26(21)33)19-13-16(29)11-12-20(19)35-2/h3-13,21-23H,1-2H3/t21-,22+,23+/m1/s1. The van der Waals surface area contributed by atoms with Gasteiger partial charge in [0.05, 0.1) is 30.7 Å². The number of carbonyl (C=O) groups is 4. The number of carbonyl (C=O) groups excluding carboxylic acids is 4. The number of ketones is 2. The molecule has 0 radical (unpaired) electrons. The molecule has 2 amide bonds. The minimum atomic E-state index is -2.13. The highest BCUT2D eigenvalue weighted by Crippen LogP contribution is 2.58. The molecule has 7 nitrogen and oxygen atoms in total. The zero-order chi connectivity index (χ0) is 25.4. The van der Waals surface area contributed by atoms with Gasteiger partial charge in [-0.3, -0.25) is 19.2 Å². The molecule has 0 saturated carbocycles. The number of ether oxygens (including phenoxy) is 2. The molecule has 2 saturated heterocycles. The number of rotatable bonds is 3. The second kappa shape index (κ2) is 7.85. The van der Waals surface area contributed by atoms with Crippen LogP contribution in [0, 0.1) is 18.8 Å². The Bertz CT molecular complexity index is 1440. The molecule has 1 aliphatic carbocycles. The lowest BCUT2D eigenvalue weighted by Crippen LogP contribution is -2.51. The van der Waals surface area contributed by atoms with Crippen molar-refractivity contribution >= 4 is 40.7 Å². The monoisotopic (exact) mass is 501 g/mol. The fraction of sp³-hybridized carbons (Fsp3) is 0.214. The summed E-state index contributed by atoms with van der Waals surface area (Å²) in [6.07, 6.45) is -0.982. The number of nitrogens with zero attached hydrogens (tertiary/aromatic N) is 1. The maximum Gasteiger partial charge on any atom is 0.241 e. The van der Waals surface area contributed by atoms with Gasteiger partial charge in [-0.2, -0.15) is 0 Å². The molecule has 8 heteroatoms. The van der Waals surface area contributed by atoms with Crippen LogP contribution in [0.1, 0.15) is 37.9 Å². The van der Waals surface area contributed by atoms with E-state index in [9.17, 15) is 19.2 Å². The van der Waals surface area contributed by atoms with Gasteiger partial charge in [0.25, 0.3) is 0 Å². The first-order chi connectivity index (χ1) is 17.3. The summed E-state index contributed by atoms with van der Waals surface area (Å²) in [5, 5.41) is 0.296. The van der Waals surface area contributed by atoms with E-state index in [1.54, 1.807) is 48.5 Å². The minimum Gasteiger partial charge on any atom is -0.495 e. The highest BCUT2D eigenvalue weighted by molar-refractivity contribution is 6.37. The number of hydrogen-bond donors (Lipinski definition) is 0. The van der Waals surface area contributed by atoms with Gasteiger partial charge >= 0.3 is 0 Å². The van der Waals surface area contributed by atoms with Gasteiger partial charge in [-0.25, -0.2) is 4.90 Å². The van der Waals surface area contributed by atoms with E-state index in [4.69, 9.17) is 21.1 Å². The third-order valence-electron chi connectivity index (χ3n) is 7.31. The smallest absolute Gasteiger partial charge is 0.241 e. The van der Waals surface area contributed by atoms with Crippen LogP contribution in [0.3, 0.4) is 0 Å². The molecule has 36 heavy (non-hydrogen) atoms. The van der Waals surface area contributed by atoms with Gasteiger partial charge < -0.3 is 9.47 Å². The van der Waals surface area contributed by atoms with Crippen LogP contribution in [0.25, 0.3) is 0 Å². The van der Waals surface area contributed by atoms with Crippen LogP contribution in [0.2, 0.25) is 5.02 Å². The number of benzene rings is 3. The number of fused-ring (bicyclic) bond motifs is 3. The second-order valence-electron chi connectivity index (χ2n) is 9.22. The van der Waals surface area contributed by atoms with Crippen molar-refractivity contribution in [3.05, 3.63) is 94.0 Å². The number of anilines is 1. The predicted molar refractivity (Wildman–Crippen MR) is 130 cm³/mol. The zero-order valence-electron chi connectivity index (χ0n) is 19.4. The molecule has 0 aromatic heterocycles. The summed E-state index contributed by atoms with van der Waals surface area (Å²) < 4.78 is 11.7. The summed E-state index contributed by atoms with van der Waals surface area (Å²) in [6.45, 7) is 1.92. The van der Waals surface area contributed by atoms with E-state index < -0.39 is 46.9 Å². The molecular weight excluding hydrogens is 482 g/mol. The third-order valence-corrected chi connectivity index (χ3v) is 7.54. The molecule has 3 aromatic carbocycles. The van der Waals surface area contributed by atoms with Gasteiger partial charge in [-0.05, 0) is 30.7 Å². The Morgan fingerprint density at radius 2 is 1.53 bits per heavy atom. The maximum absolute atomic E-state index is 14.0. The molecule has 2 fully saturated rings. The van der Waals surface area contributed by atoms with Gasteiger partial charge in [0, 0.05) is 16.1 Å². The van der Waals surface area contributed by atoms with Crippen molar-refractivity contribution in [2.75, 3.05) is 12.0 Å². The van der Waals surface area contributed by atoms with Crippen molar-refractivity contribution in [3.8, 4) is 5.75 Å². The zero-order valence-corrected chi connectivity index (χ0v) is 20.1. The van der Waals surface area contributed by atoms with E-state index in [0.717, 1.165) is 10.5 Å². The summed E-state index contributed by atoms with van der Waals surface area (Å²) in [6, 6.07) is 18.3. The predicted octanol–water partition coefficient (Wildman–Crippen LogP) is 4.35. The second-order valence-corrected chi connectivity index (χ2v) is 9.66. The topological polar surface area (TPSA) is 90.0 Å². The fourth-order valence-electron chi connectivity index (χ4n) is 5.65. The van der Waals surface area contributed by atoms with Crippen molar-refractivity contribution in [1.82, 2.24) is 0 Å². The van der Waals surface area contributed by atoms with Gasteiger partial charge in [0.2, 0.25) is 29.0 Å². The lowest BCUT2D eigenvalue weighted by Gasteiger charge is -2.27. The molecule has 0 bridgehead atoms. The Kier molecular flexibility index (Phi) is 4.94. The Balaban J connectivity index is 1.56. The van der Waals surface area contributed by atoms with Crippen LogP contribution in [0.15, 0.2) is 66.7 Å². The first kappa shape index (κ1) is 22.6. The Labute approximate surface area is 211 Å². The number of methoxy groups -OCH3 is 1. The average Bonchev–Trinajstić information content (AvgIpc) is 3.44. The molecule has 0 unspecified atom stereocenters. The first-order valence-electron chi connectivity index (χ1n) is 11.4. The van der Waals surface area contributed by atoms with E-state index >= 15 is 0 Å². The van der Waals surface area contributed by atoms with E-state index in [2.05, 4.69) is 0 Å². The number of hydrogen-bond acceptors (Lipinski definition) is 6. The molecule has 1 spiro atoms. The van der Waals surface area contributed by atoms with E-state index in [1.165, 1.54) is 13.2 Å². The lowest BCUT2D eigenvalue weighted by atomic mass is 9.77. The molecule has 2 aliphatic heterocycles. The van der Waals surface area contributed by atoms with Gasteiger partial charge in [0.1, 0.15) is 5.75 Å². The van der Waals surface area contributed by atoms with E-state index in [0.29, 0.717) is 10.6 Å². The molecule has 3 aliphatic rings. The SMILES string of the molecule is COc1ccc(Cl)cc1N1C(=O)[C@@H]2[C@@H](C1=O)C1(O[C@H]2c2ccc(C)cc2)C(=O)c2ccccc2C1=O. The lowest BCUT2D eigenvalue weighted by molar-refractivity contribution is -0.127. The summed E-state index contributed by atoms with van der Waals surface area (Å²) >= 11 is 6.20. The highest BCUT2D eigenvalue weighted by Gasteiger charge is 2.74. The summed E-state index contributed by atoms with van der Waals surface area (Å²) in [4.78, 5) is 56.6. The quantitative estimate of drug-likeness (QED) is 0.391. The van der Waals surface area contributed by atoms with Crippen molar-refractivity contribution in [2.45, 2.75) is 18.6 Å². The van der Waals surface area contributed by atoms with Crippen LogP contribution < -0.4 is 9.64 Å². The summed E-state index contributed by atoms with van der Waals surface area (Å²) in [5.41, 5.74) is -0.0121. The van der Waals surface area contributed by atoms with Crippen molar-refractivity contribution in [2.24, 2.45) is 11.8 Å². The minimum absolute atomic E-state index is 0.155. The molecule has 2 heterocycles. The van der Waals surface area contributed by atoms with Crippen LogP contribution in [0.5, 0.6) is 5.75 Å². The summed E-state index contributed by atoms with van der Waals surface area (Å²) in [5.74, 6) is -4.66. The Hall–Kier alpha value is -3.81. The van der Waals surface area contributed by atoms with Crippen LogP contribution in [-0.4, -0.2) is 36.1 Å². The Morgan fingerprint density at radius 3 is 2.14 bits per heavy atom. The number of aryl methyl sites for hydroxylation is 1. The molecule has 180 valence electrons. The van der Waals surface area contributed by atoms with E-state index in [1.807, 2.05) is 19.1 Å². The molecule has 6 rings (SSSR count). The van der Waals surface area contributed by atoms with Gasteiger partial charge in [-0.15, -0.1) is 0 Å². The number of halogens is 1. The first-order valence-corrected chi connectivity index (χ1v) is 11.8. The normalized spacial score (nSPS) is 24.0. The fourth-order valence-corrected chi connectivity index (χ4v) is 5.82. The van der Waals surface area contributed by atoms with Crippen LogP contribution in [0.4, 0.5) is 5.69 Å². The van der Waals surface area contributed by atoms with Crippen LogP contribution >= 0.6 is 11.6 Å². The largest absolute Gasteiger partial charge is 0.495 e. The van der Waals surface area contributed by atoms with Gasteiger partial charge in [-0.1, -0.05) is 65.7 Å². The molecule has 3 aromatic rings. The number of imide groups is 1. The summed E-state index contributed by atoms with van der Waals surface area (Å²) in [7, 11) is 1.42. The van der Waals surface area contributed by atoms with Crippen molar-refractivity contribution in [1.29, 1.82) is 0 Å². The third kappa shape index (κ3) is 2.84. The Morgan fingerprint density at radius 1 is 0.889 bits per heavy atom. The molecule has 0 N–H and O–H groups in total. The van der Waals surface area contributed by atoms with E-state index in [-0.39, 0.29) is 22.6 Å². The average molecular weight is 502 g/mol. The maximum atomic E-state index is 14.0. The highest BCUT2D eigenvalue weighted by atomic mass is 35.5. The number of Topliss-reactive ketones (excluding diaryl/α,β-unsaturated/α-hetero) is 2. The molecular formula is C28H20ClNO6. The van der Waals surface area contributed by atoms with Gasteiger partial charge in [0.15, 0.2) is 0 Å². The van der Waals surface area contributed by atoms with Crippen molar-refractivity contribution in [3.63, 3.8) is 0 Å². The van der Waals surface area contributed by atoms with Crippen LogP contribution in [-0.2, 0) is 14.3 Å². The van der Waals surface area contributed by atoms with Crippen molar-refractivity contribution < 1.29 is 28.7 Å². The number of amides is 2.